The summed E-state index contributed by atoms with van der Waals surface area (Å²) in [5.41, 5.74) is 4.85. The molecule has 0 spiro atoms. The van der Waals surface area contributed by atoms with Crippen molar-refractivity contribution in [3.8, 4) is 0 Å². The van der Waals surface area contributed by atoms with Crippen molar-refractivity contribution in [2.24, 2.45) is 12.0 Å². The molecule has 7 heteroatoms. The van der Waals surface area contributed by atoms with E-state index in [0.29, 0.717) is 12.4 Å². The summed E-state index contributed by atoms with van der Waals surface area (Å²) in [4.78, 5) is 27.1. The summed E-state index contributed by atoms with van der Waals surface area (Å²) in [6.07, 6.45) is 3.95. The highest BCUT2D eigenvalue weighted by Gasteiger charge is 2.23. The lowest BCUT2D eigenvalue weighted by Crippen LogP contribution is -2.36. The number of H-pyrrole nitrogens is 1. The van der Waals surface area contributed by atoms with E-state index >= 15 is 0 Å². The van der Waals surface area contributed by atoms with Crippen LogP contribution >= 0.6 is 0 Å². The molecule has 0 radical (unpaired) electrons. The van der Waals surface area contributed by atoms with Gasteiger partial charge in [-0.25, -0.2) is 4.98 Å². The van der Waals surface area contributed by atoms with E-state index in [-0.39, 0.29) is 5.56 Å². The molecule has 4 rings (SSSR count). The van der Waals surface area contributed by atoms with Crippen molar-refractivity contribution < 1.29 is 0 Å². The molecule has 0 fully saturated rings. The standard InChI is InChI=1S/C18H24N6O/c1-12-9-13(22-23(12)2)10-24-8-6-15-14(11-24)18(25)21-17(20-15)16-5-3-4-7-19-16/h9H,3-8,10-11H2,1-2H3,(H,20,21,25). The highest BCUT2D eigenvalue weighted by molar-refractivity contribution is 5.97. The van der Waals surface area contributed by atoms with E-state index < -0.39 is 0 Å². The van der Waals surface area contributed by atoms with Gasteiger partial charge in [0.15, 0.2) is 5.82 Å². The quantitative estimate of drug-likeness (QED) is 0.914. The smallest absolute Gasteiger partial charge is 0.255 e. The number of aromatic nitrogens is 4. The van der Waals surface area contributed by atoms with Gasteiger partial charge in [-0.1, -0.05) is 0 Å². The highest BCUT2D eigenvalue weighted by atomic mass is 16.1. The van der Waals surface area contributed by atoms with Crippen LogP contribution in [0.15, 0.2) is 15.9 Å². The Hall–Kier alpha value is -2.28. The molecule has 0 bridgehead atoms. The summed E-state index contributed by atoms with van der Waals surface area (Å²) < 4.78 is 1.89. The zero-order chi connectivity index (χ0) is 17.4. The molecule has 0 amide bonds. The van der Waals surface area contributed by atoms with Crippen LogP contribution in [0.4, 0.5) is 0 Å². The van der Waals surface area contributed by atoms with Crippen LogP contribution in [0.3, 0.4) is 0 Å². The van der Waals surface area contributed by atoms with E-state index in [9.17, 15) is 4.79 Å². The molecule has 0 unspecified atom stereocenters. The van der Waals surface area contributed by atoms with Crippen LogP contribution < -0.4 is 5.56 Å². The normalized spacial score (nSPS) is 18.1. The van der Waals surface area contributed by atoms with Gasteiger partial charge in [-0.15, -0.1) is 0 Å². The molecule has 0 aromatic carbocycles. The Morgan fingerprint density at radius 1 is 1.28 bits per heavy atom. The summed E-state index contributed by atoms with van der Waals surface area (Å²) in [5, 5.41) is 4.52. The maximum Gasteiger partial charge on any atom is 0.255 e. The van der Waals surface area contributed by atoms with Crippen molar-refractivity contribution in [3.63, 3.8) is 0 Å². The van der Waals surface area contributed by atoms with Gasteiger partial charge in [0, 0.05) is 45.3 Å². The zero-order valence-corrected chi connectivity index (χ0v) is 14.9. The fraction of sp³-hybridized carbons (Fsp3) is 0.556. The Labute approximate surface area is 146 Å². The third-order valence-electron chi connectivity index (χ3n) is 5.10. The van der Waals surface area contributed by atoms with Crippen LogP contribution in [-0.2, 0) is 26.6 Å². The van der Waals surface area contributed by atoms with Gasteiger partial charge >= 0.3 is 0 Å². The summed E-state index contributed by atoms with van der Waals surface area (Å²) in [5.74, 6) is 0.678. The number of hydrogen-bond acceptors (Lipinski definition) is 5. The Kier molecular flexibility index (Phi) is 4.25. The first-order chi connectivity index (χ1) is 12.1. The van der Waals surface area contributed by atoms with E-state index in [0.717, 1.165) is 73.7 Å². The van der Waals surface area contributed by atoms with Gasteiger partial charge in [0.1, 0.15) is 0 Å². The molecule has 25 heavy (non-hydrogen) atoms. The Morgan fingerprint density at radius 3 is 2.88 bits per heavy atom. The van der Waals surface area contributed by atoms with E-state index in [2.05, 4.69) is 26.0 Å². The third-order valence-corrected chi connectivity index (χ3v) is 5.10. The molecule has 2 aliphatic rings. The second kappa shape index (κ2) is 6.55. The Bertz CT molecular complexity index is 859. The van der Waals surface area contributed by atoms with Crippen LogP contribution in [0.5, 0.6) is 0 Å². The molecule has 7 nitrogen and oxygen atoms in total. The van der Waals surface area contributed by atoms with E-state index in [1.165, 1.54) is 0 Å². The van der Waals surface area contributed by atoms with Crippen LogP contribution in [0.2, 0.25) is 0 Å². The van der Waals surface area contributed by atoms with Crippen molar-refractivity contribution in [1.29, 1.82) is 0 Å². The zero-order valence-electron chi connectivity index (χ0n) is 14.9. The van der Waals surface area contributed by atoms with Crippen molar-refractivity contribution in [2.75, 3.05) is 13.1 Å². The number of rotatable bonds is 3. The first-order valence-electron chi connectivity index (χ1n) is 8.98. The van der Waals surface area contributed by atoms with Crippen LogP contribution in [0.25, 0.3) is 0 Å². The summed E-state index contributed by atoms with van der Waals surface area (Å²) in [6, 6.07) is 2.10. The molecular formula is C18H24N6O. The average molecular weight is 340 g/mol. The van der Waals surface area contributed by atoms with Crippen molar-refractivity contribution in [2.45, 2.75) is 45.7 Å². The molecule has 4 heterocycles. The molecule has 0 saturated carbocycles. The first kappa shape index (κ1) is 16.2. The number of nitrogens with zero attached hydrogens (tertiary/aromatic N) is 5. The minimum Gasteiger partial charge on any atom is -0.305 e. The van der Waals surface area contributed by atoms with Gasteiger partial charge in [0.25, 0.3) is 5.56 Å². The lowest BCUT2D eigenvalue weighted by atomic mass is 10.0. The summed E-state index contributed by atoms with van der Waals surface area (Å²) in [7, 11) is 1.95. The van der Waals surface area contributed by atoms with Crippen molar-refractivity contribution >= 4 is 5.71 Å². The Balaban J connectivity index is 1.55. The SMILES string of the molecule is Cc1cc(CN2CCc3nc(C4=NCCCC4)[nH]c(=O)c3C2)nn1C. The van der Waals surface area contributed by atoms with E-state index in [4.69, 9.17) is 4.98 Å². The molecule has 2 aliphatic heterocycles. The van der Waals surface area contributed by atoms with Crippen LogP contribution in [0, 0.1) is 6.92 Å². The number of aryl methyl sites for hydroxylation is 2. The van der Waals surface area contributed by atoms with Gasteiger partial charge in [0.05, 0.1) is 22.7 Å². The maximum atomic E-state index is 12.6. The maximum absolute atomic E-state index is 12.6. The minimum absolute atomic E-state index is 0.0184. The molecule has 0 saturated heterocycles. The fourth-order valence-electron chi connectivity index (χ4n) is 3.58. The molecule has 2 aromatic heterocycles. The summed E-state index contributed by atoms with van der Waals surface area (Å²) >= 11 is 0. The molecule has 0 aliphatic carbocycles. The molecule has 1 N–H and O–H groups in total. The van der Waals surface area contributed by atoms with Crippen molar-refractivity contribution in [1.82, 2.24) is 24.6 Å². The highest BCUT2D eigenvalue weighted by Crippen LogP contribution is 2.18. The van der Waals surface area contributed by atoms with Crippen LogP contribution in [0.1, 0.15) is 47.7 Å². The monoisotopic (exact) mass is 340 g/mol. The number of aromatic amines is 1. The Morgan fingerprint density at radius 2 is 2.16 bits per heavy atom. The fourth-order valence-corrected chi connectivity index (χ4v) is 3.58. The van der Waals surface area contributed by atoms with E-state index in [1.807, 2.05) is 18.7 Å². The predicted molar refractivity (Wildman–Crippen MR) is 95.9 cm³/mol. The molecule has 2 aromatic rings. The van der Waals surface area contributed by atoms with E-state index in [1.54, 1.807) is 0 Å². The van der Waals surface area contributed by atoms with Crippen molar-refractivity contribution in [3.05, 3.63) is 44.9 Å². The van der Waals surface area contributed by atoms with Gasteiger partial charge in [-0.05, 0) is 32.3 Å². The first-order valence-corrected chi connectivity index (χ1v) is 8.98. The molecular weight excluding hydrogens is 316 g/mol. The number of nitrogens with one attached hydrogen (secondary N) is 1. The van der Waals surface area contributed by atoms with Gasteiger partial charge in [0.2, 0.25) is 0 Å². The number of fused-ring (bicyclic) bond motifs is 1. The predicted octanol–water partition coefficient (Wildman–Crippen LogP) is 1.34. The topological polar surface area (TPSA) is 79.2 Å². The summed E-state index contributed by atoms with van der Waals surface area (Å²) in [6.45, 7) is 5.17. The largest absolute Gasteiger partial charge is 0.305 e. The average Bonchev–Trinajstić information content (AvgIpc) is 2.93. The lowest BCUT2D eigenvalue weighted by Gasteiger charge is -2.27. The van der Waals surface area contributed by atoms with Gasteiger partial charge in [-0.2, -0.15) is 5.10 Å². The lowest BCUT2D eigenvalue weighted by molar-refractivity contribution is 0.238. The third kappa shape index (κ3) is 3.28. The molecule has 0 atom stereocenters. The van der Waals surface area contributed by atoms with Gasteiger partial charge < -0.3 is 4.98 Å². The second-order valence-corrected chi connectivity index (χ2v) is 6.99. The molecule has 132 valence electrons. The number of aliphatic imine (C=N–C) groups is 1. The van der Waals surface area contributed by atoms with Crippen LogP contribution in [-0.4, -0.2) is 43.4 Å². The number of hydrogen-bond donors (Lipinski definition) is 1. The second-order valence-electron chi connectivity index (χ2n) is 6.99. The minimum atomic E-state index is -0.0184. The van der Waals surface area contributed by atoms with Gasteiger partial charge in [-0.3, -0.25) is 19.4 Å².